The maximum Gasteiger partial charge on any atom is 0.160 e. The molecule has 0 saturated carbocycles. The Balaban J connectivity index is 0.00000256. The molecule has 0 saturated heterocycles. The van der Waals surface area contributed by atoms with E-state index >= 15 is 0 Å². The molecule has 2 N–H and O–H groups in total. The van der Waals surface area contributed by atoms with Crippen LogP contribution < -0.4 is 5.32 Å². The Morgan fingerprint density at radius 1 is 1.47 bits per heavy atom. The number of hydrogen-bond acceptors (Lipinski definition) is 3. The van der Waals surface area contributed by atoms with E-state index < -0.39 is 6.10 Å². The number of rotatable bonds is 3. The zero-order valence-corrected chi connectivity index (χ0v) is 12.0. The summed E-state index contributed by atoms with van der Waals surface area (Å²) < 4.78 is 0. The van der Waals surface area contributed by atoms with Gasteiger partial charge in [-0.25, -0.2) is 0 Å². The predicted molar refractivity (Wildman–Crippen MR) is 72.3 cm³/mol. The van der Waals surface area contributed by atoms with Crippen molar-refractivity contribution < 1.29 is 9.90 Å². The van der Waals surface area contributed by atoms with Gasteiger partial charge in [-0.3, -0.25) is 4.79 Å². The van der Waals surface area contributed by atoms with Crippen LogP contribution in [0.1, 0.15) is 47.0 Å². The largest absolute Gasteiger partial charge is 0.392 e. The number of Topliss-reactive ketones (excluding diaryl/α,β-unsaturated/α-hetero) is 1. The highest BCUT2D eigenvalue weighted by molar-refractivity contribution is 5.96. The van der Waals surface area contributed by atoms with Gasteiger partial charge in [-0.1, -0.05) is 20.8 Å². The van der Waals surface area contributed by atoms with Gasteiger partial charge in [-0.15, -0.1) is 12.4 Å². The van der Waals surface area contributed by atoms with E-state index in [2.05, 4.69) is 12.2 Å². The number of hydrogen-bond donors (Lipinski definition) is 2. The fourth-order valence-electron chi connectivity index (χ4n) is 1.94. The number of carbonyl (C=O) groups is 1. The van der Waals surface area contributed by atoms with Crippen molar-refractivity contribution in [2.45, 2.75) is 53.1 Å². The number of nitrogens with one attached hydrogen (secondary N) is 1. The Hall–Kier alpha value is -0.540. The summed E-state index contributed by atoms with van der Waals surface area (Å²) in [6.45, 7) is 8.69. The van der Waals surface area contributed by atoms with Crippen LogP contribution in [0.4, 0.5) is 0 Å². The van der Waals surface area contributed by atoms with Gasteiger partial charge >= 0.3 is 0 Å². The van der Waals surface area contributed by atoms with Crippen LogP contribution in [-0.4, -0.2) is 23.5 Å². The minimum atomic E-state index is -0.451. The molecule has 17 heavy (non-hydrogen) atoms. The zero-order chi connectivity index (χ0) is 12.3. The number of halogens is 1. The fraction of sp³-hybridized carbons (Fsp3) is 0.769. The third kappa shape index (κ3) is 4.00. The number of aliphatic hydroxyl groups is 1. The third-order valence-electron chi connectivity index (χ3n) is 3.38. The summed E-state index contributed by atoms with van der Waals surface area (Å²) >= 11 is 0. The van der Waals surface area contributed by atoms with Crippen molar-refractivity contribution in [2.24, 2.45) is 5.41 Å². The van der Waals surface area contributed by atoms with Crippen LogP contribution in [0.15, 0.2) is 11.3 Å². The summed E-state index contributed by atoms with van der Waals surface area (Å²) in [5.41, 5.74) is 1.39. The summed E-state index contributed by atoms with van der Waals surface area (Å²) in [4.78, 5) is 11.9. The zero-order valence-electron chi connectivity index (χ0n) is 11.2. The number of allylic oxidation sites excluding steroid dienone is 1. The summed E-state index contributed by atoms with van der Waals surface area (Å²) in [7, 11) is 0. The van der Waals surface area contributed by atoms with Gasteiger partial charge in [0.2, 0.25) is 0 Å². The number of carbonyl (C=O) groups excluding carboxylic acids is 1. The Labute approximate surface area is 110 Å². The second-order valence-electron chi connectivity index (χ2n) is 5.34. The lowest BCUT2D eigenvalue weighted by molar-refractivity contribution is -0.118. The van der Waals surface area contributed by atoms with Crippen LogP contribution in [-0.2, 0) is 4.79 Å². The molecule has 0 heterocycles. The smallest absolute Gasteiger partial charge is 0.160 e. The summed E-state index contributed by atoms with van der Waals surface area (Å²) in [6.07, 6.45) is 1.56. The molecule has 0 aromatic carbocycles. The minimum Gasteiger partial charge on any atom is -0.392 e. The van der Waals surface area contributed by atoms with Gasteiger partial charge in [0.1, 0.15) is 0 Å². The molecule has 1 rings (SSSR count). The van der Waals surface area contributed by atoms with Crippen LogP contribution in [0.2, 0.25) is 0 Å². The van der Waals surface area contributed by atoms with Gasteiger partial charge in [0.15, 0.2) is 5.78 Å². The molecule has 0 fully saturated rings. The van der Waals surface area contributed by atoms with Crippen LogP contribution in [0.3, 0.4) is 0 Å². The molecule has 0 bridgehead atoms. The first-order chi connectivity index (χ1) is 7.38. The monoisotopic (exact) mass is 261 g/mol. The molecule has 100 valence electrons. The molecule has 1 unspecified atom stereocenters. The quantitative estimate of drug-likeness (QED) is 0.820. The van der Waals surface area contributed by atoms with Crippen molar-refractivity contribution in [1.82, 2.24) is 5.32 Å². The Kier molecular flexibility index (Phi) is 6.20. The summed E-state index contributed by atoms with van der Waals surface area (Å²) in [5, 5.41) is 13.4. The van der Waals surface area contributed by atoms with Crippen LogP contribution >= 0.6 is 12.4 Å². The lowest BCUT2D eigenvalue weighted by Gasteiger charge is -2.28. The normalized spacial score (nSPS) is 24.1. The van der Waals surface area contributed by atoms with Gasteiger partial charge in [0, 0.05) is 30.7 Å². The first kappa shape index (κ1) is 16.5. The molecule has 0 aromatic heterocycles. The first-order valence-corrected chi connectivity index (χ1v) is 6.03. The van der Waals surface area contributed by atoms with Crippen LogP contribution in [0.25, 0.3) is 0 Å². The van der Waals surface area contributed by atoms with Crippen molar-refractivity contribution in [1.29, 1.82) is 0 Å². The molecular formula is C13H24ClNO2. The predicted octanol–water partition coefficient (Wildman–Crippen LogP) is 2.43. The van der Waals surface area contributed by atoms with E-state index in [1.165, 1.54) is 0 Å². The van der Waals surface area contributed by atoms with E-state index in [0.29, 0.717) is 12.8 Å². The van der Waals surface area contributed by atoms with E-state index in [4.69, 9.17) is 0 Å². The van der Waals surface area contributed by atoms with E-state index in [0.717, 1.165) is 24.2 Å². The maximum atomic E-state index is 11.9. The molecule has 0 aromatic rings. The average molecular weight is 262 g/mol. The van der Waals surface area contributed by atoms with E-state index in [9.17, 15) is 9.90 Å². The molecule has 0 aliphatic heterocycles. The number of aliphatic hydroxyl groups excluding tert-OH is 1. The molecule has 1 aliphatic carbocycles. The van der Waals surface area contributed by atoms with Crippen LogP contribution in [0.5, 0.6) is 0 Å². The van der Waals surface area contributed by atoms with Gasteiger partial charge in [-0.05, 0) is 18.8 Å². The highest BCUT2D eigenvalue weighted by Crippen LogP contribution is 2.34. The second-order valence-corrected chi connectivity index (χ2v) is 5.34. The van der Waals surface area contributed by atoms with Gasteiger partial charge in [0.05, 0.1) is 6.10 Å². The third-order valence-corrected chi connectivity index (χ3v) is 3.38. The Morgan fingerprint density at radius 2 is 2.06 bits per heavy atom. The molecule has 4 heteroatoms. The highest BCUT2D eigenvalue weighted by atomic mass is 35.5. The number of ketones is 1. The second kappa shape index (κ2) is 6.41. The minimum absolute atomic E-state index is 0. The summed E-state index contributed by atoms with van der Waals surface area (Å²) in [5.74, 6) is 0.153. The van der Waals surface area contributed by atoms with Crippen molar-refractivity contribution >= 4 is 18.2 Å². The molecule has 3 nitrogen and oxygen atoms in total. The van der Waals surface area contributed by atoms with Gasteiger partial charge in [0.25, 0.3) is 0 Å². The average Bonchev–Trinajstić information content (AvgIpc) is 2.27. The topological polar surface area (TPSA) is 49.3 Å². The molecule has 0 amide bonds. The van der Waals surface area contributed by atoms with E-state index in [1.54, 1.807) is 0 Å². The highest BCUT2D eigenvalue weighted by Gasteiger charge is 2.35. The van der Waals surface area contributed by atoms with Crippen molar-refractivity contribution in [2.75, 3.05) is 6.54 Å². The molecule has 0 spiro atoms. The van der Waals surface area contributed by atoms with Gasteiger partial charge in [-0.2, -0.15) is 0 Å². The molecule has 0 radical (unpaired) electrons. The Bertz CT molecular complexity index is 311. The molecular weight excluding hydrogens is 238 g/mol. The summed E-state index contributed by atoms with van der Waals surface area (Å²) in [6, 6.07) is 0. The molecule has 1 aliphatic rings. The molecule has 1 atom stereocenters. The van der Waals surface area contributed by atoms with Gasteiger partial charge < -0.3 is 10.4 Å². The lowest BCUT2D eigenvalue weighted by atomic mass is 9.81. The van der Waals surface area contributed by atoms with Crippen molar-refractivity contribution in [3.05, 3.63) is 11.3 Å². The van der Waals surface area contributed by atoms with Crippen molar-refractivity contribution in [3.63, 3.8) is 0 Å². The lowest BCUT2D eigenvalue weighted by Crippen LogP contribution is -2.31. The maximum absolute atomic E-state index is 11.9. The van der Waals surface area contributed by atoms with E-state index in [-0.39, 0.29) is 23.6 Å². The van der Waals surface area contributed by atoms with Crippen LogP contribution in [0, 0.1) is 5.41 Å². The van der Waals surface area contributed by atoms with E-state index in [1.807, 2.05) is 20.8 Å². The SMILES string of the molecule is CCCNC1=C(C)C(=O)CC(C)(C)C(O)C1.Cl. The Morgan fingerprint density at radius 3 is 2.59 bits per heavy atom. The standard InChI is InChI=1S/C13H23NO2.ClH/c1-5-6-14-10-7-12(16)13(3,4)8-11(15)9(10)2;/h12,14,16H,5-8H2,1-4H3;1H. The fourth-order valence-corrected chi connectivity index (χ4v) is 1.94. The first-order valence-electron chi connectivity index (χ1n) is 6.03. The van der Waals surface area contributed by atoms with Crippen molar-refractivity contribution in [3.8, 4) is 0 Å².